The summed E-state index contributed by atoms with van der Waals surface area (Å²) in [5.41, 5.74) is 0.490. The van der Waals surface area contributed by atoms with Gasteiger partial charge in [0.25, 0.3) is 0 Å². The standard InChI is InChI=1S/C13H12ClNO3/c1-2-3-4-12(16)15(9-13(17)18)11-7-5-10(14)6-8-11/h1,5-8H,3-4,9H2,(H,17,18). The molecule has 0 spiro atoms. The lowest BCUT2D eigenvalue weighted by Gasteiger charge is -2.20. The molecular formula is C13H12ClNO3. The minimum absolute atomic E-state index is 0.117. The van der Waals surface area contributed by atoms with Crippen molar-refractivity contribution in [1.29, 1.82) is 0 Å². The van der Waals surface area contributed by atoms with Crippen molar-refractivity contribution in [3.8, 4) is 12.3 Å². The molecule has 1 N–H and O–H groups in total. The van der Waals surface area contributed by atoms with Crippen molar-refractivity contribution in [3.63, 3.8) is 0 Å². The minimum Gasteiger partial charge on any atom is -0.480 e. The Morgan fingerprint density at radius 3 is 2.44 bits per heavy atom. The van der Waals surface area contributed by atoms with Crippen LogP contribution in [0, 0.1) is 12.3 Å². The average molecular weight is 266 g/mol. The molecule has 0 aliphatic rings. The number of anilines is 1. The summed E-state index contributed by atoms with van der Waals surface area (Å²) in [7, 11) is 0. The van der Waals surface area contributed by atoms with Crippen LogP contribution in [-0.4, -0.2) is 23.5 Å². The molecule has 1 aromatic carbocycles. The van der Waals surface area contributed by atoms with Crippen LogP contribution in [0.25, 0.3) is 0 Å². The number of aliphatic carboxylic acids is 1. The monoisotopic (exact) mass is 265 g/mol. The maximum Gasteiger partial charge on any atom is 0.323 e. The van der Waals surface area contributed by atoms with E-state index in [1.807, 2.05) is 0 Å². The number of hydrogen-bond acceptors (Lipinski definition) is 2. The molecule has 0 atom stereocenters. The number of carboxylic acids is 1. The second-order valence-electron chi connectivity index (χ2n) is 3.55. The van der Waals surface area contributed by atoms with E-state index < -0.39 is 12.5 Å². The van der Waals surface area contributed by atoms with Crippen LogP contribution in [-0.2, 0) is 9.59 Å². The van der Waals surface area contributed by atoms with Crippen LogP contribution in [0.5, 0.6) is 0 Å². The summed E-state index contributed by atoms with van der Waals surface area (Å²) in [6, 6.07) is 6.39. The molecule has 0 saturated carbocycles. The normalized spacial score (nSPS) is 9.56. The molecule has 94 valence electrons. The van der Waals surface area contributed by atoms with Crippen LogP contribution in [0.15, 0.2) is 24.3 Å². The number of halogens is 1. The zero-order valence-electron chi connectivity index (χ0n) is 9.60. The van der Waals surface area contributed by atoms with Gasteiger partial charge in [0.15, 0.2) is 0 Å². The second-order valence-corrected chi connectivity index (χ2v) is 3.99. The molecule has 0 aliphatic heterocycles. The first-order valence-corrected chi connectivity index (χ1v) is 5.63. The van der Waals surface area contributed by atoms with Gasteiger partial charge in [0, 0.05) is 23.6 Å². The summed E-state index contributed by atoms with van der Waals surface area (Å²) in [5, 5.41) is 9.33. The van der Waals surface area contributed by atoms with Crippen molar-refractivity contribution in [2.45, 2.75) is 12.8 Å². The van der Waals surface area contributed by atoms with E-state index >= 15 is 0 Å². The number of hydrogen-bond donors (Lipinski definition) is 1. The Bertz CT molecular complexity index is 476. The Morgan fingerprint density at radius 2 is 1.94 bits per heavy atom. The van der Waals surface area contributed by atoms with Crippen molar-refractivity contribution < 1.29 is 14.7 Å². The minimum atomic E-state index is -1.08. The quantitative estimate of drug-likeness (QED) is 0.830. The average Bonchev–Trinajstić information content (AvgIpc) is 2.34. The van der Waals surface area contributed by atoms with E-state index in [2.05, 4.69) is 5.92 Å². The topological polar surface area (TPSA) is 57.6 Å². The van der Waals surface area contributed by atoms with E-state index in [0.717, 1.165) is 0 Å². The molecule has 4 nitrogen and oxygen atoms in total. The van der Waals surface area contributed by atoms with E-state index in [0.29, 0.717) is 10.7 Å². The second kappa shape index (κ2) is 6.67. The van der Waals surface area contributed by atoms with Gasteiger partial charge in [-0.2, -0.15) is 0 Å². The van der Waals surface area contributed by atoms with Crippen LogP contribution in [0.2, 0.25) is 5.02 Å². The third kappa shape index (κ3) is 4.11. The number of rotatable bonds is 5. The first kappa shape index (κ1) is 14.1. The van der Waals surface area contributed by atoms with E-state index in [-0.39, 0.29) is 18.7 Å². The van der Waals surface area contributed by atoms with Crippen LogP contribution in [0.1, 0.15) is 12.8 Å². The van der Waals surface area contributed by atoms with Crippen LogP contribution in [0.4, 0.5) is 5.69 Å². The highest BCUT2D eigenvalue weighted by atomic mass is 35.5. The lowest BCUT2D eigenvalue weighted by molar-refractivity contribution is -0.136. The van der Waals surface area contributed by atoms with Gasteiger partial charge in [0.05, 0.1) is 0 Å². The maximum atomic E-state index is 11.9. The number of carbonyl (C=O) groups is 2. The predicted octanol–water partition coefficient (Wildman–Crippen LogP) is 2.17. The Balaban J connectivity index is 2.90. The molecule has 0 aromatic heterocycles. The highest BCUT2D eigenvalue weighted by Gasteiger charge is 2.17. The predicted molar refractivity (Wildman–Crippen MR) is 69.5 cm³/mol. The Morgan fingerprint density at radius 1 is 1.33 bits per heavy atom. The van der Waals surface area contributed by atoms with Crippen LogP contribution in [0.3, 0.4) is 0 Å². The van der Waals surface area contributed by atoms with Crippen molar-refractivity contribution in [3.05, 3.63) is 29.3 Å². The lowest BCUT2D eigenvalue weighted by atomic mass is 10.2. The van der Waals surface area contributed by atoms with E-state index in [1.54, 1.807) is 24.3 Å². The maximum absolute atomic E-state index is 11.9. The summed E-state index contributed by atoms with van der Waals surface area (Å²) < 4.78 is 0. The van der Waals surface area contributed by atoms with Crippen LogP contribution < -0.4 is 4.90 Å². The van der Waals surface area contributed by atoms with Crippen molar-refractivity contribution in [2.24, 2.45) is 0 Å². The molecule has 18 heavy (non-hydrogen) atoms. The number of amides is 1. The number of terminal acetylenes is 1. The van der Waals surface area contributed by atoms with Gasteiger partial charge in [0.1, 0.15) is 6.54 Å². The summed E-state index contributed by atoms with van der Waals surface area (Å²) >= 11 is 5.74. The fourth-order valence-corrected chi connectivity index (χ4v) is 1.52. The van der Waals surface area contributed by atoms with E-state index in [1.165, 1.54) is 4.90 Å². The first-order chi connectivity index (χ1) is 8.54. The molecule has 0 bridgehead atoms. The molecular weight excluding hydrogens is 254 g/mol. The third-order valence-corrected chi connectivity index (χ3v) is 2.47. The molecule has 1 aromatic rings. The van der Waals surface area contributed by atoms with Crippen molar-refractivity contribution in [2.75, 3.05) is 11.4 Å². The number of benzene rings is 1. The fourth-order valence-electron chi connectivity index (χ4n) is 1.39. The molecule has 0 aliphatic carbocycles. The van der Waals surface area contributed by atoms with Gasteiger partial charge in [-0.25, -0.2) is 0 Å². The highest BCUT2D eigenvalue weighted by molar-refractivity contribution is 6.30. The summed E-state index contributed by atoms with van der Waals surface area (Å²) in [6.45, 7) is -0.398. The third-order valence-electron chi connectivity index (χ3n) is 2.22. The van der Waals surface area contributed by atoms with Gasteiger partial charge < -0.3 is 10.0 Å². The van der Waals surface area contributed by atoms with E-state index in [4.69, 9.17) is 23.1 Å². The molecule has 0 heterocycles. The van der Waals surface area contributed by atoms with Crippen molar-refractivity contribution >= 4 is 29.2 Å². The molecule has 5 heteroatoms. The summed E-state index contributed by atoms with van der Waals surface area (Å²) in [5.74, 6) is 0.945. The van der Waals surface area contributed by atoms with E-state index in [9.17, 15) is 9.59 Å². The van der Waals surface area contributed by atoms with Gasteiger partial charge >= 0.3 is 5.97 Å². The van der Waals surface area contributed by atoms with Crippen LogP contribution >= 0.6 is 11.6 Å². The molecule has 1 rings (SSSR count). The molecule has 0 radical (unpaired) electrons. The summed E-state index contributed by atoms with van der Waals surface area (Å²) in [4.78, 5) is 23.8. The van der Waals surface area contributed by atoms with Gasteiger partial charge in [-0.15, -0.1) is 12.3 Å². The molecule has 0 unspecified atom stereocenters. The lowest BCUT2D eigenvalue weighted by Crippen LogP contribution is -2.35. The Hall–Kier alpha value is -1.99. The molecule has 0 saturated heterocycles. The van der Waals surface area contributed by atoms with Gasteiger partial charge in [0.2, 0.25) is 5.91 Å². The number of carbonyl (C=O) groups excluding carboxylic acids is 1. The smallest absolute Gasteiger partial charge is 0.323 e. The number of nitrogens with zero attached hydrogens (tertiary/aromatic N) is 1. The van der Waals surface area contributed by atoms with Gasteiger partial charge in [-0.05, 0) is 24.3 Å². The molecule has 0 fully saturated rings. The van der Waals surface area contributed by atoms with Gasteiger partial charge in [-0.1, -0.05) is 11.6 Å². The largest absolute Gasteiger partial charge is 0.480 e. The SMILES string of the molecule is C#CCCC(=O)N(CC(=O)O)c1ccc(Cl)cc1. The van der Waals surface area contributed by atoms with Gasteiger partial charge in [-0.3, -0.25) is 9.59 Å². The molecule has 1 amide bonds. The summed E-state index contributed by atoms with van der Waals surface area (Å²) in [6.07, 6.45) is 5.48. The first-order valence-electron chi connectivity index (χ1n) is 5.25. The highest BCUT2D eigenvalue weighted by Crippen LogP contribution is 2.19. The number of carboxylic acid groups (broad SMARTS) is 1. The fraction of sp³-hybridized carbons (Fsp3) is 0.231. The zero-order chi connectivity index (χ0) is 13.5. The Labute approximate surface area is 110 Å². The van der Waals surface area contributed by atoms with Crippen molar-refractivity contribution in [1.82, 2.24) is 0 Å². The zero-order valence-corrected chi connectivity index (χ0v) is 10.4. The Kier molecular flexibility index (Phi) is 5.22.